The Labute approximate surface area is 174 Å². The zero-order chi connectivity index (χ0) is 20.6. The van der Waals surface area contributed by atoms with Gasteiger partial charge in [-0.25, -0.2) is 9.97 Å². The maximum absolute atomic E-state index is 12.0. The summed E-state index contributed by atoms with van der Waals surface area (Å²) in [6, 6.07) is 10.2. The summed E-state index contributed by atoms with van der Waals surface area (Å²) in [5, 5.41) is 9.86. The van der Waals surface area contributed by atoms with Gasteiger partial charge in [0.1, 0.15) is 17.0 Å². The number of benzene rings is 1. The van der Waals surface area contributed by atoms with Crippen molar-refractivity contribution in [3.63, 3.8) is 0 Å². The van der Waals surface area contributed by atoms with Gasteiger partial charge in [-0.2, -0.15) is 0 Å². The second-order valence-corrected chi connectivity index (χ2v) is 7.87. The molecule has 0 radical (unpaired) electrons. The van der Waals surface area contributed by atoms with E-state index >= 15 is 0 Å². The van der Waals surface area contributed by atoms with Crippen LogP contribution in [0.2, 0.25) is 0 Å². The molecule has 2 heterocycles. The Bertz CT molecular complexity index is 987. The molecule has 0 saturated heterocycles. The van der Waals surface area contributed by atoms with Crippen molar-refractivity contribution in [3.8, 4) is 11.1 Å². The van der Waals surface area contributed by atoms with Gasteiger partial charge >= 0.3 is 0 Å². The van der Waals surface area contributed by atoms with Crippen molar-refractivity contribution in [2.45, 2.75) is 26.7 Å². The highest BCUT2D eigenvalue weighted by atomic mass is 32.1. The summed E-state index contributed by atoms with van der Waals surface area (Å²) in [7, 11) is 0. The average molecular weight is 412 g/mol. The predicted octanol–water partition coefficient (Wildman–Crippen LogP) is 3.11. The van der Waals surface area contributed by atoms with Gasteiger partial charge in [-0.3, -0.25) is 9.59 Å². The van der Waals surface area contributed by atoms with E-state index in [1.54, 1.807) is 17.7 Å². The van der Waals surface area contributed by atoms with Crippen molar-refractivity contribution in [1.29, 1.82) is 0 Å². The van der Waals surface area contributed by atoms with Crippen LogP contribution >= 0.6 is 11.3 Å². The summed E-state index contributed by atoms with van der Waals surface area (Å²) >= 11 is 1.64. The average Bonchev–Trinajstić information content (AvgIpc) is 3.04. The molecule has 29 heavy (non-hydrogen) atoms. The minimum absolute atomic E-state index is 0.0320. The standard InChI is InChI=1S/C21H25N5O2S/c1-14-18(16-7-4-3-5-8-16)19-20(25-13-26-21(19)29-14)24-12-9-17(28)23-11-6-10-22-15(2)27/h3-5,7-8,13H,6,9-12H2,1-2H3,(H,22,27)(H,23,28)(H,24,25,26). The molecular weight excluding hydrogens is 386 g/mol. The van der Waals surface area contributed by atoms with Crippen LogP contribution < -0.4 is 16.0 Å². The molecule has 2 aromatic heterocycles. The highest BCUT2D eigenvalue weighted by molar-refractivity contribution is 7.19. The van der Waals surface area contributed by atoms with Crippen LogP contribution in [0.5, 0.6) is 0 Å². The molecule has 3 N–H and O–H groups in total. The van der Waals surface area contributed by atoms with Gasteiger partial charge in [-0.15, -0.1) is 11.3 Å². The molecule has 3 rings (SSSR count). The molecule has 0 fully saturated rings. The summed E-state index contributed by atoms with van der Waals surface area (Å²) in [5.41, 5.74) is 2.27. The van der Waals surface area contributed by atoms with E-state index in [1.165, 1.54) is 11.8 Å². The van der Waals surface area contributed by atoms with Crippen molar-refractivity contribution < 1.29 is 9.59 Å². The van der Waals surface area contributed by atoms with Crippen LogP contribution in [0.15, 0.2) is 36.7 Å². The third-order valence-corrected chi connectivity index (χ3v) is 5.43. The van der Waals surface area contributed by atoms with Crippen LogP contribution in [0.1, 0.15) is 24.6 Å². The quantitative estimate of drug-likeness (QED) is 0.470. The van der Waals surface area contributed by atoms with Gasteiger partial charge in [0.05, 0.1) is 5.39 Å². The van der Waals surface area contributed by atoms with Gasteiger partial charge in [-0.1, -0.05) is 30.3 Å². The van der Waals surface area contributed by atoms with Gasteiger partial charge in [0, 0.05) is 43.4 Å². The lowest BCUT2D eigenvalue weighted by atomic mass is 10.0. The summed E-state index contributed by atoms with van der Waals surface area (Å²) in [6.45, 7) is 5.15. The fourth-order valence-corrected chi connectivity index (χ4v) is 4.11. The van der Waals surface area contributed by atoms with Gasteiger partial charge in [0.15, 0.2) is 0 Å². The van der Waals surface area contributed by atoms with Crippen LogP contribution in [0.3, 0.4) is 0 Å². The number of amides is 2. The number of rotatable bonds is 9. The second kappa shape index (κ2) is 9.97. The molecule has 0 aliphatic carbocycles. The number of nitrogens with one attached hydrogen (secondary N) is 3. The van der Waals surface area contributed by atoms with Crippen LogP contribution in [-0.2, 0) is 9.59 Å². The van der Waals surface area contributed by atoms with Gasteiger partial charge in [0.25, 0.3) is 0 Å². The molecule has 2 amide bonds. The number of carbonyl (C=O) groups excluding carboxylic acids is 2. The number of anilines is 1. The summed E-state index contributed by atoms with van der Waals surface area (Å²) in [5.74, 6) is 0.655. The molecule has 0 spiro atoms. The molecule has 3 aromatic rings. The minimum atomic E-state index is -0.0600. The fourth-order valence-electron chi connectivity index (χ4n) is 3.09. The zero-order valence-electron chi connectivity index (χ0n) is 16.6. The summed E-state index contributed by atoms with van der Waals surface area (Å²) < 4.78 is 0. The van der Waals surface area contributed by atoms with Crippen molar-refractivity contribution in [3.05, 3.63) is 41.5 Å². The number of hydrogen-bond acceptors (Lipinski definition) is 6. The number of fused-ring (bicyclic) bond motifs is 1. The first-order valence-corrected chi connectivity index (χ1v) is 10.4. The van der Waals surface area contributed by atoms with E-state index < -0.39 is 0 Å². The molecular formula is C21H25N5O2S. The van der Waals surface area contributed by atoms with Crippen LogP contribution in [0, 0.1) is 6.92 Å². The largest absolute Gasteiger partial charge is 0.369 e. The Hall–Kier alpha value is -3.00. The molecule has 152 valence electrons. The van der Waals surface area contributed by atoms with E-state index in [-0.39, 0.29) is 11.8 Å². The highest BCUT2D eigenvalue weighted by Gasteiger charge is 2.16. The van der Waals surface area contributed by atoms with Crippen molar-refractivity contribution in [1.82, 2.24) is 20.6 Å². The predicted molar refractivity (Wildman–Crippen MR) is 117 cm³/mol. The maximum atomic E-state index is 12.0. The van der Waals surface area contributed by atoms with E-state index in [1.807, 2.05) is 18.2 Å². The lowest BCUT2D eigenvalue weighted by Gasteiger charge is -2.09. The van der Waals surface area contributed by atoms with Gasteiger partial charge in [-0.05, 0) is 18.9 Å². The van der Waals surface area contributed by atoms with Gasteiger partial charge in [0.2, 0.25) is 11.8 Å². The Morgan fingerprint density at radius 3 is 2.55 bits per heavy atom. The number of hydrogen-bond donors (Lipinski definition) is 3. The number of aromatic nitrogens is 2. The van der Waals surface area contributed by atoms with Crippen molar-refractivity contribution in [2.24, 2.45) is 0 Å². The van der Waals surface area contributed by atoms with Gasteiger partial charge < -0.3 is 16.0 Å². The van der Waals surface area contributed by atoms with E-state index in [2.05, 4.69) is 45.0 Å². The first-order valence-electron chi connectivity index (χ1n) is 9.61. The van der Waals surface area contributed by atoms with Crippen LogP contribution in [0.25, 0.3) is 21.3 Å². The summed E-state index contributed by atoms with van der Waals surface area (Å²) in [4.78, 5) is 33.8. The normalized spacial score (nSPS) is 10.7. The lowest BCUT2D eigenvalue weighted by Crippen LogP contribution is -2.29. The number of nitrogens with zero attached hydrogens (tertiary/aromatic N) is 2. The lowest BCUT2D eigenvalue weighted by molar-refractivity contribution is -0.120. The smallest absolute Gasteiger partial charge is 0.221 e. The Morgan fingerprint density at radius 2 is 1.79 bits per heavy atom. The van der Waals surface area contributed by atoms with E-state index in [4.69, 9.17) is 0 Å². The highest BCUT2D eigenvalue weighted by Crippen LogP contribution is 2.40. The number of thiophene rings is 1. The first kappa shape index (κ1) is 20.7. The number of carbonyl (C=O) groups is 2. The molecule has 0 aliphatic heterocycles. The molecule has 0 bridgehead atoms. The topological polar surface area (TPSA) is 96.0 Å². The Balaban J connectivity index is 1.61. The number of aryl methyl sites for hydroxylation is 1. The molecule has 0 unspecified atom stereocenters. The van der Waals surface area contributed by atoms with E-state index in [9.17, 15) is 9.59 Å². The zero-order valence-corrected chi connectivity index (χ0v) is 17.4. The molecule has 1 aromatic carbocycles. The molecule has 8 heteroatoms. The van der Waals surface area contributed by atoms with E-state index in [0.29, 0.717) is 32.5 Å². The first-order chi connectivity index (χ1) is 14.1. The second-order valence-electron chi connectivity index (χ2n) is 6.66. The van der Waals surface area contributed by atoms with E-state index in [0.717, 1.165) is 27.2 Å². The maximum Gasteiger partial charge on any atom is 0.221 e. The third-order valence-electron chi connectivity index (χ3n) is 4.42. The molecule has 0 atom stereocenters. The fraction of sp³-hybridized carbons (Fsp3) is 0.333. The minimum Gasteiger partial charge on any atom is -0.369 e. The molecule has 0 aliphatic rings. The SMILES string of the molecule is CC(=O)NCCCNC(=O)CCNc1ncnc2sc(C)c(-c3ccccc3)c12. The molecule has 0 saturated carbocycles. The Kier molecular flexibility index (Phi) is 7.13. The summed E-state index contributed by atoms with van der Waals surface area (Å²) in [6.07, 6.45) is 2.60. The van der Waals surface area contributed by atoms with Crippen LogP contribution in [0.4, 0.5) is 5.82 Å². The monoisotopic (exact) mass is 411 g/mol. The molecule has 7 nitrogen and oxygen atoms in total. The van der Waals surface area contributed by atoms with Crippen LogP contribution in [-0.4, -0.2) is 41.4 Å². The van der Waals surface area contributed by atoms with Crippen molar-refractivity contribution in [2.75, 3.05) is 25.0 Å². The Morgan fingerprint density at radius 1 is 1.03 bits per heavy atom. The van der Waals surface area contributed by atoms with Crippen molar-refractivity contribution >= 4 is 39.2 Å². The third kappa shape index (κ3) is 5.51.